The van der Waals surface area contributed by atoms with E-state index in [2.05, 4.69) is 18.2 Å². The molecule has 0 aliphatic heterocycles. The summed E-state index contributed by atoms with van der Waals surface area (Å²) in [7, 11) is 0. The van der Waals surface area contributed by atoms with Crippen LogP contribution in [0.1, 0.15) is 24.5 Å². The molecule has 0 atom stereocenters. The highest BCUT2D eigenvalue weighted by atomic mass is 16.3. The van der Waals surface area contributed by atoms with Crippen LogP contribution in [0.2, 0.25) is 0 Å². The van der Waals surface area contributed by atoms with Crippen molar-refractivity contribution in [2.45, 2.75) is 26.4 Å². The predicted molar refractivity (Wildman–Crippen MR) is 55.5 cm³/mol. The van der Waals surface area contributed by atoms with E-state index in [1.165, 1.54) is 5.56 Å². The lowest BCUT2D eigenvalue weighted by molar-refractivity contribution is 0.280. The fourth-order valence-corrected chi connectivity index (χ4v) is 1.36. The highest BCUT2D eigenvalue weighted by Gasteiger charge is 1.97. The SMILES string of the molecule is C/C=C/CCc1ccccc1CO. The Morgan fingerprint density at radius 3 is 2.54 bits per heavy atom. The van der Waals surface area contributed by atoms with Crippen LogP contribution in [0.15, 0.2) is 36.4 Å². The van der Waals surface area contributed by atoms with Gasteiger partial charge >= 0.3 is 0 Å². The summed E-state index contributed by atoms with van der Waals surface area (Å²) in [6.45, 7) is 2.17. The van der Waals surface area contributed by atoms with E-state index >= 15 is 0 Å². The highest BCUT2D eigenvalue weighted by molar-refractivity contribution is 5.26. The molecule has 0 heterocycles. The second kappa shape index (κ2) is 5.55. The molecule has 1 aromatic carbocycles. The minimum absolute atomic E-state index is 0.145. The Balaban J connectivity index is 2.64. The van der Waals surface area contributed by atoms with Gasteiger partial charge in [-0.25, -0.2) is 0 Å². The summed E-state index contributed by atoms with van der Waals surface area (Å²) in [6.07, 6.45) is 6.27. The van der Waals surface area contributed by atoms with Gasteiger partial charge in [0.15, 0.2) is 0 Å². The largest absolute Gasteiger partial charge is 0.392 e. The Bertz CT molecular complexity index is 276. The van der Waals surface area contributed by atoms with Crippen molar-refractivity contribution in [3.63, 3.8) is 0 Å². The maximum atomic E-state index is 9.06. The number of aliphatic hydroxyl groups is 1. The number of rotatable bonds is 4. The molecule has 0 spiro atoms. The molecule has 1 N–H and O–H groups in total. The zero-order chi connectivity index (χ0) is 9.52. The topological polar surface area (TPSA) is 20.2 Å². The Morgan fingerprint density at radius 1 is 1.23 bits per heavy atom. The molecule has 0 aromatic heterocycles. The average molecular weight is 176 g/mol. The summed E-state index contributed by atoms with van der Waals surface area (Å²) in [5, 5.41) is 9.06. The fraction of sp³-hybridized carbons (Fsp3) is 0.333. The van der Waals surface area contributed by atoms with Crippen LogP contribution in [0.25, 0.3) is 0 Å². The molecule has 0 unspecified atom stereocenters. The molecule has 0 saturated carbocycles. The van der Waals surface area contributed by atoms with E-state index in [9.17, 15) is 0 Å². The van der Waals surface area contributed by atoms with E-state index < -0.39 is 0 Å². The lowest BCUT2D eigenvalue weighted by Crippen LogP contribution is -1.92. The summed E-state index contributed by atoms with van der Waals surface area (Å²) in [5.74, 6) is 0. The van der Waals surface area contributed by atoms with Gasteiger partial charge in [-0.3, -0.25) is 0 Å². The van der Waals surface area contributed by atoms with Crippen LogP contribution in [0.3, 0.4) is 0 Å². The monoisotopic (exact) mass is 176 g/mol. The Morgan fingerprint density at radius 2 is 1.92 bits per heavy atom. The molecule has 0 radical (unpaired) electrons. The Kier molecular flexibility index (Phi) is 4.27. The van der Waals surface area contributed by atoms with Crippen LogP contribution in [0.4, 0.5) is 0 Å². The average Bonchev–Trinajstić information content (AvgIpc) is 2.19. The standard InChI is InChI=1S/C12H16O/c1-2-3-4-7-11-8-5-6-9-12(11)10-13/h2-3,5-6,8-9,13H,4,7,10H2,1H3/b3-2+. The maximum absolute atomic E-state index is 9.06. The van der Waals surface area contributed by atoms with Crippen LogP contribution >= 0.6 is 0 Å². The number of hydrogen-bond donors (Lipinski definition) is 1. The fourth-order valence-electron chi connectivity index (χ4n) is 1.36. The summed E-state index contributed by atoms with van der Waals surface area (Å²) >= 11 is 0. The first kappa shape index (κ1) is 10.0. The first-order valence-electron chi connectivity index (χ1n) is 4.67. The van der Waals surface area contributed by atoms with E-state index in [1.807, 2.05) is 25.1 Å². The summed E-state index contributed by atoms with van der Waals surface area (Å²) < 4.78 is 0. The molecule has 70 valence electrons. The van der Waals surface area contributed by atoms with E-state index in [4.69, 9.17) is 5.11 Å². The summed E-state index contributed by atoms with van der Waals surface area (Å²) in [5.41, 5.74) is 2.30. The molecule has 0 saturated heterocycles. The summed E-state index contributed by atoms with van der Waals surface area (Å²) in [4.78, 5) is 0. The van der Waals surface area contributed by atoms with E-state index in [0.29, 0.717) is 0 Å². The molecule has 0 bridgehead atoms. The second-order valence-electron chi connectivity index (χ2n) is 3.03. The minimum Gasteiger partial charge on any atom is -0.392 e. The van der Waals surface area contributed by atoms with E-state index in [1.54, 1.807) is 0 Å². The molecule has 0 aliphatic carbocycles. The van der Waals surface area contributed by atoms with Crippen molar-refractivity contribution in [1.82, 2.24) is 0 Å². The first-order chi connectivity index (χ1) is 6.38. The van der Waals surface area contributed by atoms with Gasteiger partial charge in [0.25, 0.3) is 0 Å². The summed E-state index contributed by atoms with van der Waals surface area (Å²) in [6, 6.07) is 8.04. The van der Waals surface area contributed by atoms with Gasteiger partial charge in [-0.2, -0.15) is 0 Å². The molecule has 0 aliphatic rings. The van der Waals surface area contributed by atoms with Crippen molar-refractivity contribution in [2.24, 2.45) is 0 Å². The number of aliphatic hydroxyl groups excluding tert-OH is 1. The normalized spacial score (nSPS) is 10.9. The van der Waals surface area contributed by atoms with E-state index in [0.717, 1.165) is 18.4 Å². The molecule has 0 fully saturated rings. The number of aryl methyl sites for hydroxylation is 1. The van der Waals surface area contributed by atoms with Crippen molar-refractivity contribution < 1.29 is 5.11 Å². The third kappa shape index (κ3) is 3.03. The smallest absolute Gasteiger partial charge is 0.0684 e. The van der Waals surface area contributed by atoms with Crippen molar-refractivity contribution in [1.29, 1.82) is 0 Å². The number of hydrogen-bond acceptors (Lipinski definition) is 1. The zero-order valence-corrected chi connectivity index (χ0v) is 8.03. The van der Waals surface area contributed by atoms with Crippen LogP contribution in [0, 0.1) is 0 Å². The van der Waals surface area contributed by atoms with Crippen molar-refractivity contribution in [3.05, 3.63) is 47.5 Å². The van der Waals surface area contributed by atoms with Gasteiger partial charge in [-0.15, -0.1) is 0 Å². The third-order valence-corrected chi connectivity index (χ3v) is 2.10. The number of benzene rings is 1. The third-order valence-electron chi connectivity index (χ3n) is 2.10. The van der Waals surface area contributed by atoms with Crippen molar-refractivity contribution in [3.8, 4) is 0 Å². The highest BCUT2D eigenvalue weighted by Crippen LogP contribution is 2.10. The van der Waals surface area contributed by atoms with Crippen molar-refractivity contribution in [2.75, 3.05) is 0 Å². The lowest BCUT2D eigenvalue weighted by Gasteiger charge is -2.04. The van der Waals surface area contributed by atoms with Gasteiger partial charge in [0.05, 0.1) is 6.61 Å². The van der Waals surface area contributed by atoms with Gasteiger partial charge in [0, 0.05) is 0 Å². The molecule has 1 aromatic rings. The molecular weight excluding hydrogens is 160 g/mol. The van der Waals surface area contributed by atoms with E-state index in [-0.39, 0.29) is 6.61 Å². The Hall–Kier alpha value is -1.08. The van der Waals surface area contributed by atoms with Crippen LogP contribution in [0.5, 0.6) is 0 Å². The van der Waals surface area contributed by atoms with Gasteiger partial charge in [0.2, 0.25) is 0 Å². The van der Waals surface area contributed by atoms with Gasteiger partial charge in [-0.1, -0.05) is 36.4 Å². The van der Waals surface area contributed by atoms with Crippen LogP contribution in [-0.2, 0) is 13.0 Å². The molecule has 1 rings (SSSR count). The van der Waals surface area contributed by atoms with Gasteiger partial charge < -0.3 is 5.11 Å². The lowest BCUT2D eigenvalue weighted by atomic mass is 10.0. The molecular formula is C12H16O. The van der Waals surface area contributed by atoms with Gasteiger partial charge in [0.1, 0.15) is 0 Å². The second-order valence-corrected chi connectivity index (χ2v) is 3.03. The van der Waals surface area contributed by atoms with Crippen molar-refractivity contribution >= 4 is 0 Å². The van der Waals surface area contributed by atoms with Crippen LogP contribution < -0.4 is 0 Å². The molecule has 13 heavy (non-hydrogen) atoms. The molecule has 1 nitrogen and oxygen atoms in total. The quantitative estimate of drug-likeness (QED) is 0.699. The molecule has 1 heteroatoms. The van der Waals surface area contributed by atoms with Gasteiger partial charge in [-0.05, 0) is 30.9 Å². The number of allylic oxidation sites excluding steroid dienone is 2. The first-order valence-corrected chi connectivity index (χ1v) is 4.67. The maximum Gasteiger partial charge on any atom is 0.0684 e. The predicted octanol–water partition coefficient (Wildman–Crippen LogP) is 2.69. The minimum atomic E-state index is 0.145. The molecule has 0 amide bonds. The van der Waals surface area contributed by atoms with Crippen LogP contribution in [-0.4, -0.2) is 5.11 Å². The zero-order valence-electron chi connectivity index (χ0n) is 8.03. The Labute approximate surface area is 79.7 Å².